The number of alkyl halides is 1. The number of hydrogen-bond donors (Lipinski definition) is 2. The molecule has 0 bridgehead atoms. The van der Waals surface area contributed by atoms with Gasteiger partial charge >= 0.3 is 5.97 Å². The van der Waals surface area contributed by atoms with Gasteiger partial charge in [0.15, 0.2) is 6.17 Å². The zero-order chi connectivity index (χ0) is 14.8. The van der Waals surface area contributed by atoms with Gasteiger partial charge in [0.1, 0.15) is 0 Å². The second-order valence-electron chi connectivity index (χ2n) is 4.80. The summed E-state index contributed by atoms with van der Waals surface area (Å²) in [6, 6.07) is 6.71. The van der Waals surface area contributed by atoms with Crippen LogP contribution in [0.25, 0.3) is 0 Å². The minimum absolute atomic E-state index is 0.202. The minimum Gasteiger partial charge on any atom is -0.479 e. The molecule has 0 spiro atoms. The molecule has 1 aromatic carbocycles. The standard InChI is InChI=1S/C13H16FNO4S/c14-11(13(16)17)7-8-15-20(18,19)12-4-2-1-3-10(12)9-5-6-9/h1-4,9,11,15H,5-8H2,(H,16,17). The SMILES string of the molecule is O=C(O)C(F)CCNS(=O)(=O)c1ccccc1C1CC1. The van der Waals surface area contributed by atoms with Crippen LogP contribution in [0.3, 0.4) is 0 Å². The molecule has 0 aliphatic heterocycles. The number of benzene rings is 1. The molecule has 0 saturated heterocycles. The molecule has 1 aliphatic rings. The van der Waals surface area contributed by atoms with E-state index in [2.05, 4.69) is 4.72 Å². The highest BCUT2D eigenvalue weighted by atomic mass is 32.2. The molecule has 1 atom stereocenters. The van der Waals surface area contributed by atoms with Crippen LogP contribution in [0.2, 0.25) is 0 Å². The summed E-state index contributed by atoms with van der Waals surface area (Å²) in [5.41, 5.74) is 0.773. The number of nitrogens with one attached hydrogen (secondary N) is 1. The second-order valence-corrected chi connectivity index (χ2v) is 6.54. The number of rotatable bonds is 7. The highest BCUT2D eigenvalue weighted by molar-refractivity contribution is 7.89. The Morgan fingerprint density at radius 3 is 2.65 bits per heavy atom. The fourth-order valence-corrected chi connectivity index (χ4v) is 3.32. The zero-order valence-electron chi connectivity index (χ0n) is 10.8. The summed E-state index contributed by atoms with van der Waals surface area (Å²) >= 11 is 0. The highest BCUT2D eigenvalue weighted by Gasteiger charge is 2.30. The van der Waals surface area contributed by atoms with Gasteiger partial charge in [0.05, 0.1) is 4.90 Å². The molecule has 2 rings (SSSR count). The van der Waals surface area contributed by atoms with E-state index in [1.165, 1.54) is 6.07 Å². The Balaban J connectivity index is 2.05. The van der Waals surface area contributed by atoms with E-state index in [1.807, 2.05) is 0 Å². The quantitative estimate of drug-likeness (QED) is 0.802. The van der Waals surface area contributed by atoms with Gasteiger partial charge in [-0.15, -0.1) is 0 Å². The number of aliphatic carboxylic acids is 1. The molecule has 0 aromatic heterocycles. The number of carbonyl (C=O) groups is 1. The monoisotopic (exact) mass is 301 g/mol. The Kier molecular flexibility index (Phi) is 4.39. The van der Waals surface area contributed by atoms with Crippen LogP contribution in [-0.2, 0) is 14.8 Å². The van der Waals surface area contributed by atoms with Crippen LogP contribution in [0.5, 0.6) is 0 Å². The first-order chi connectivity index (χ1) is 9.42. The molecule has 0 heterocycles. The van der Waals surface area contributed by atoms with E-state index in [9.17, 15) is 17.6 Å². The van der Waals surface area contributed by atoms with Gasteiger partial charge in [-0.3, -0.25) is 0 Å². The smallest absolute Gasteiger partial charge is 0.338 e. The van der Waals surface area contributed by atoms with Crippen molar-refractivity contribution in [2.24, 2.45) is 0 Å². The Bertz CT molecular complexity index is 598. The summed E-state index contributed by atoms with van der Waals surface area (Å²) in [5.74, 6) is -1.31. The molecule has 7 heteroatoms. The fourth-order valence-electron chi connectivity index (χ4n) is 1.98. The Morgan fingerprint density at radius 1 is 1.40 bits per heavy atom. The van der Waals surface area contributed by atoms with Crippen LogP contribution >= 0.6 is 0 Å². The van der Waals surface area contributed by atoms with Crippen molar-refractivity contribution >= 4 is 16.0 Å². The molecular weight excluding hydrogens is 285 g/mol. The molecule has 110 valence electrons. The van der Waals surface area contributed by atoms with Crippen molar-refractivity contribution in [1.29, 1.82) is 0 Å². The summed E-state index contributed by atoms with van der Waals surface area (Å²) in [7, 11) is -3.73. The molecule has 20 heavy (non-hydrogen) atoms. The van der Waals surface area contributed by atoms with Crippen LogP contribution in [-0.4, -0.2) is 32.2 Å². The van der Waals surface area contributed by atoms with Gasteiger partial charge in [0, 0.05) is 13.0 Å². The van der Waals surface area contributed by atoms with E-state index in [4.69, 9.17) is 5.11 Å². The molecule has 1 aliphatic carbocycles. The lowest BCUT2D eigenvalue weighted by Crippen LogP contribution is -2.29. The largest absolute Gasteiger partial charge is 0.479 e. The van der Waals surface area contributed by atoms with Gasteiger partial charge in [-0.2, -0.15) is 0 Å². The Morgan fingerprint density at radius 2 is 2.05 bits per heavy atom. The normalized spacial score (nSPS) is 16.9. The lowest BCUT2D eigenvalue weighted by atomic mass is 10.1. The van der Waals surface area contributed by atoms with Gasteiger partial charge in [-0.1, -0.05) is 18.2 Å². The zero-order valence-corrected chi connectivity index (χ0v) is 11.6. The van der Waals surface area contributed by atoms with Gasteiger partial charge in [0.25, 0.3) is 0 Å². The summed E-state index contributed by atoms with van der Waals surface area (Å²) in [5, 5.41) is 8.40. The van der Waals surface area contributed by atoms with Crippen LogP contribution in [0.4, 0.5) is 4.39 Å². The van der Waals surface area contributed by atoms with E-state index in [0.29, 0.717) is 0 Å². The number of halogens is 1. The predicted molar refractivity (Wildman–Crippen MR) is 70.8 cm³/mol. The molecule has 5 nitrogen and oxygen atoms in total. The third-order valence-corrected chi connectivity index (χ3v) is 4.72. The van der Waals surface area contributed by atoms with Crippen LogP contribution < -0.4 is 4.72 Å². The van der Waals surface area contributed by atoms with E-state index >= 15 is 0 Å². The topological polar surface area (TPSA) is 83.5 Å². The predicted octanol–water partition coefficient (Wildman–Crippen LogP) is 1.66. The summed E-state index contributed by atoms with van der Waals surface area (Å²) < 4.78 is 39.5. The van der Waals surface area contributed by atoms with E-state index in [-0.39, 0.29) is 23.8 Å². The fraction of sp³-hybridized carbons (Fsp3) is 0.462. The third kappa shape index (κ3) is 3.55. The second kappa shape index (κ2) is 5.88. The highest BCUT2D eigenvalue weighted by Crippen LogP contribution is 2.42. The molecule has 0 radical (unpaired) electrons. The first-order valence-electron chi connectivity index (χ1n) is 6.37. The average molecular weight is 301 g/mol. The van der Waals surface area contributed by atoms with Gasteiger partial charge < -0.3 is 5.11 Å². The van der Waals surface area contributed by atoms with Crippen molar-refractivity contribution < 1.29 is 22.7 Å². The van der Waals surface area contributed by atoms with Crippen LogP contribution in [0.1, 0.15) is 30.7 Å². The number of carboxylic acids is 1. The van der Waals surface area contributed by atoms with Crippen molar-refractivity contribution in [1.82, 2.24) is 4.72 Å². The van der Waals surface area contributed by atoms with E-state index in [0.717, 1.165) is 18.4 Å². The third-order valence-electron chi connectivity index (χ3n) is 3.18. The summed E-state index contributed by atoms with van der Waals surface area (Å²) in [4.78, 5) is 10.5. The average Bonchev–Trinajstić information content (AvgIpc) is 3.22. The van der Waals surface area contributed by atoms with E-state index in [1.54, 1.807) is 18.2 Å². The van der Waals surface area contributed by atoms with Crippen molar-refractivity contribution in [3.05, 3.63) is 29.8 Å². The summed E-state index contributed by atoms with van der Waals surface area (Å²) in [6.07, 6.45) is -0.507. The van der Waals surface area contributed by atoms with Gasteiger partial charge in [-0.05, 0) is 30.4 Å². The first kappa shape index (κ1) is 14.9. The van der Waals surface area contributed by atoms with E-state index < -0.39 is 22.2 Å². The maximum Gasteiger partial charge on any atom is 0.338 e. The summed E-state index contributed by atoms with van der Waals surface area (Å²) in [6.45, 7) is -0.241. The number of sulfonamides is 1. The maximum absolute atomic E-state index is 12.9. The van der Waals surface area contributed by atoms with Crippen molar-refractivity contribution in [2.75, 3.05) is 6.54 Å². The van der Waals surface area contributed by atoms with Crippen molar-refractivity contribution in [2.45, 2.75) is 36.2 Å². The molecule has 1 saturated carbocycles. The molecular formula is C13H16FNO4S. The first-order valence-corrected chi connectivity index (χ1v) is 7.85. The van der Waals surface area contributed by atoms with Crippen LogP contribution in [0, 0.1) is 0 Å². The molecule has 1 aromatic rings. The molecule has 1 fully saturated rings. The Hall–Kier alpha value is -1.47. The van der Waals surface area contributed by atoms with Crippen molar-refractivity contribution in [3.8, 4) is 0 Å². The van der Waals surface area contributed by atoms with Crippen LogP contribution in [0.15, 0.2) is 29.2 Å². The lowest BCUT2D eigenvalue weighted by molar-refractivity contribution is -0.142. The number of hydrogen-bond acceptors (Lipinski definition) is 3. The van der Waals surface area contributed by atoms with Crippen molar-refractivity contribution in [3.63, 3.8) is 0 Å². The Labute approximate surface area is 116 Å². The van der Waals surface area contributed by atoms with Gasteiger partial charge in [-0.25, -0.2) is 22.3 Å². The van der Waals surface area contributed by atoms with Gasteiger partial charge in [0.2, 0.25) is 10.0 Å². The number of carboxylic acid groups (broad SMARTS) is 1. The maximum atomic E-state index is 12.9. The molecule has 1 unspecified atom stereocenters. The molecule has 0 amide bonds. The minimum atomic E-state index is -3.73. The lowest BCUT2D eigenvalue weighted by Gasteiger charge is -2.11. The molecule has 2 N–H and O–H groups in total.